The third-order valence-corrected chi connectivity index (χ3v) is 6.37. The van der Waals surface area contributed by atoms with Gasteiger partial charge in [0.15, 0.2) is 0 Å². The summed E-state index contributed by atoms with van der Waals surface area (Å²) < 4.78 is 32.8. The van der Waals surface area contributed by atoms with Crippen LogP contribution in [0.1, 0.15) is 42.8 Å². The van der Waals surface area contributed by atoms with Crippen molar-refractivity contribution in [2.24, 2.45) is 5.92 Å². The molecule has 0 bridgehead atoms. The topological polar surface area (TPSA) is 62.6 Å². The Labute approximate surface area is 126 Å². The molecule has 118 valence electrons. The third-order valence-electron chi connectivity index (χ3n) is 4.35. The minimum Gasteiger partial charge on any atom is -0.465 e. The monoisotopic (exact) mass is 312 g/mol. The quantitative estimate of drug-likeness (QED) is 0.838. The summed E-state index contributed by atoms with van der Waals surface area (Å²) in [5.41, 5.74) is 0.794. The first-order chi connectivity index (χ1) is 9.89. The lowest BCUT2D eigenvalue weighted by Crippen LogP contribution is -2.30. The van der Waals surface area contributed by atoms with Crippen LogP contribution in [0.2, 0.25) is 0 Å². The van der Waals surface area contributed by atoms with Crippen molar-refractivity contribution >= 4 is 10.0 Å². The van der Waals surface area contributed by atoms with E-state index in [9.17, 15) is 8.42 Å². The highest BCUT2D eigenvalue weighted by atomic mass is 32.2. The van der Waals surface area contributed by atoms with Crippen LogP contribution in [-0.2, 0) is 16.6 Å². The molecule has 0 unspecified atom stereocenters. The van der Waals surface area contributed by atoms with E-state index >= 15 is 0 Å². The molecule has 3 rings (SSSR count). The van der Waals surface area contributed by atoms with Gasteiger partial charge in [-0.15, -0.1) is 0 Å². The van der Waals surface area contributed by atoms with E-state index in [4.69, 9.17) is 4.42 Å². The Morgan fingerprint density at radius 1 is 1.19 bits per heavy atom. The molecule has 1 aromatic rings. The summed E-state index contributed by atoms with van der Waals surface area (Å²) in [5.74, 6) is 1.74. The molecule has 2 aliphatic carbocycles. The number of hydrogen-bond acceptors (Lipinski definition) is 4. The molecular weight excluding hydrogens is 288 g/mol. The fourth-order valence-corrected chi connectivity index (χ4v) is 4.35. The summed E-state index contributed by atoms with van der Waals surface area (Å²) in [4.78, 5) is 0.372. The molecule has 2 saturated carbocycles. The predicted molar refractivity (Wildman–Crippen MR) is 80.6 cm³/mol. The zero-order valence-corrected chi connectivity index (χ0v) is 13.8. The van der Waals surface area contributed by atoms with Gasteiger partial charge >= 0.3 is 0 Å². The van der Waals surface area contributed by atoms with Crippen LogP contribution in [0.15, 0.2) is 9.31 Å². The van der Waals surface area contributed by atoms with Crippen LogP contribution < -0.4 is 5.32 Å². The minimum absolute atomic E-state index is 0.372. The number of aryl methyl sites for hydroxylation is 2. The number of hydrogen-bond donors (Lipinski definition) is 1. The average molecular weight is 312 g/mol. The molecule has 0 amide bonds. The van der Waals surface area contributed by atoms with Crippen molar-refractivity contribution < 1.29 is 12.8 Å². The van der Waals surface area contributed by atoms with E-state index in [-0.39, 0.29) is 0 Å². The maximum absolute atomic E-state index is 12.8. The maximum atomic E-state index is 12.8. The van der Waals surface area contributed by atoms with Crippen molar-refractivity contribution in [3.63, 3.8) is 0 Å². The first-order valence-corrected chi connectivity index (χ1v) is 9.12. The molecule has 2 fully saturated rings. The van der Waals surface area contributed by atoms with Gasteiger partial charge in [-0.2, -0.15) is 0 Å². The van der Waals surface area contributed by atoms with Gasteiger partial charge in [0.05, 0.1) is 0 Å². The Kier molecular flexibility index (Phi) is 3.88. The van der Waals surface area contributed by atoms with Crippen LogP contribution in [0.3, 0.4) is 0 Å². The standard InChI is InChI=1S/C15H24N2O3S/c1-10-14(8-16-13-6-7-13)15(11(2)20-10)21(18,19)17(3)9-12-4-5-12/h12-13,16H,4-9H2,1-3H3. The number of rotatable bonds is 7. The molecule has 5 nitrogen and oxygen atoms in total. The largest absolute Gasteiger partial charge is 0.465 e. The highest BCUT2D eigenvalue weighted by molar-refractivity contribution is 7.89. The SMILES string of the molecule is Cc1oc(C)c(S(=O)(=O)N(C)CC2CC2)c1CNC1CC1. The van der Waals surface area contributed by atoms with Crippen molar-refractivity contribution in [1.29, 1.82) is 0 Å². The molecule has 1 heterocycles. The van der Waals surface area contributed by atoms with E-state index in [1.54, 1.807) is 14.0 Å². The van der Waals surface area contributed by atoms with Gasteiger partial charge in [-0.1, -0.05) is 0 Å². The summed E-state index contributed by atoms with van der Waals surface area (Å²) in [6.07, 6.45) is 4.64. The van der Waals surface area contributed by atoms with Gasteiger partial charge in [-0.05, 0) is 45.4 Å². The number of furan rings is 1. The first kappa shape index (κ1) is 15.1. The van der Waals surface area contributed by atoms with Crippen LogP contribution in [0.25, 0.3) is 0 Å². The second kappa shape index (κ2) is 5.41. The van der Waals surface area contributed by atoms with Gasteiger partial charge in [0.25, 0.3) is 0 Å². The van der Waals surface area contributed by atoms with Crippen molar-refractivity contribution in [1.82, 2.24) is 9.62 Å². The Balaban J connectivity index is 1.87. The Morgan fingerprint density at radius 3 is 2.43 bits per heavy atom. The van der Waals surface area contributed by atoms with Crippen molar-refractivity contribution in [2.75, 3.05) is 13.6 Å². The number of nitrogens with one attached hydrogen (secondary N) is 1. The van der Waals surface area contributed by atoms with Gasteiger partial charge in [0.2, 0.25) is 10.0 Å². The lowest BCUT2D eigenvalue weighted by Gasteiger charge is -2.17. The van der Waals surface area contributed by atoms with Gasteiger partial charge in [0, 0.05) is 31.7 Å². The van der Waals surface area contributed by atoms with Crippen molar-refractivity contribution in [2.45, 2.75) is 57.0 Å². The molecule has 1 aromatic heterocycles. The van der Waals surface area contributed by atoms with Crippen LogP contribution >= 0.6 is 0 Å². The lowest BCUT2D eigenvalue weighted by atomic mass is 10.2. The summed E-state index contributed by atoms with van der Waals surface area (Å²) in [7, 11) is -1.79. The third kappa shape index (κ3) is 3.17. The first-order valence-electron chi connectivity index (χ1n) is 7.68. The zero-order chi connectivity index (χ0) is 15.2. The molecule has 0 aromatic carbocycles. The molecule has 6 heteroatoms. The second-order valence-corrected chi connectivity index (χ2v) is 8.39. The van der Waals surface area contributed by atoms with Crippen molar-refractivity contribution in [3.05, 3.63) is 17.1 Å². The molecule has 0 aliphatic heterocycles. The number of nitrogens with zero attached hydrogens (tertiary/aromatic N) is 1. The Morgan fingerprint density at radius 2 is 1.86 bits per heavy atom. The van der Waals surface area contributed by atoms with E-state index in [0.717, 1.165) is 18.4 Å². The highest BCUT2D eigenvalue weighted by Crippen LogP contribution is 2.34. The molecular formula is C15H24N2O3S. The molecule has 21 heavy (non-hydrogen) atoms. The maximum Gasteiger partial charge on any atom is 0.246 e. The van der Waals surface area contributed by atoms with Gasteiger partial charge in [0.1, 0.15) is 16.4 Å². The second-order valence-electron chi connectivity index (χ2n) is 6.41. The van der Waals surface area contributed by atoms with E-state index in [0.29, 0.717) is 41.5 Å². The molecule has 0 spiro atoms. The summed E-state index contributed by atoms with van der Waals surface area (Å²) in [6, 6.07) is 0.541. The minimum atomic E-state index is -3.46. The fraction of sp³-hybridized carbons (Fsp3) is 0.733. The smallest absolute Gasteiger partial charge is 0.246 e. The van der Waals surface area contributed by atoms with E-state index in [2.05, 4.69) is 5.32 Å². The normalized spacial score (nSPS) is 19.4. The molecule has 0 saturated heterocycles. The Bertz CT molecular complexity index is 628. The van der Waals surface area contributed by atoms with E-state index in [1.165, 1.54) is 17.1 Å². The molecule has 1 N–H and O–H groups in total. The van der Waals surface area contributed by atoms with Crippen LogP contribution in [0, 0.1) is 19.8 Å². The molecule has 0 radical (unpaired) electrons. The Hall–Kier alpha value is -0.850. The average Bonchev–Trinajstić information content (AvgIpc) is 3.28. The van der Waals surface area contributed by atoms with Crippen LogP contribution in [-0.4, -0.2) is 32.4 Å². The summed E-state index contributed by atoms with van der Waals surface area (Å²) in [5, 5.41) is 3.39. The predicted octanol–water partition coefficient (Wildman–Crippen LogP) is 2.18. The van der Waals surface area contributed by atoms with Gasteiger partial charge in [-0.25, -0.2) is 12.7 Å². The lowest BCUT2D eigenvalue weighted by molar-refractivity contribution is 0.447. The highest BCUT2D eigenvalue weighted by Gasteiger charge is 2.34. The summed E-state index contributed by atoms with van der Waals surface area (Å²) in [6.45, 7) is 4.77. The zero-order valence-electron chi connectivity index (χ0n) is 13.0. The van der Waals surface area contributed by atoms with E-state index in [1.807, 2.05) is 6.92 Å². The van der Waals surface area contributed by atoms with E-state index < -0.39 is 10.0 Å². The van der Waals surface area contributed by atoms with Gasteiger partial charge < -0.3 is 9.73 Å². The summed E-state index contributed by atoms with van der Waals surface area (Å²) >= 11 is 0. The molecule has 2 aliphatic rings. The van der Waals surface area contributed by atoms with Gasteiger partial charge in [-0.3, -0.25) is 0 Å². The van der Waals surface area contributed by atoms with Crippen LogP contribution in [0.5, 0.6) is 0 Å². The number of sulfonamides is 1. The molecule has 0 atom stereocenters. The fourth-order valence-electron chi connectivity index (χ4n) is 2.70. The van der Waals surface area contributed by atoms with Crippen molar-refractivity contribution in [3.8, 4) is 0 Å². The van der Waals surface area contributed by atoms with Crippen LogP contribution in [0.4, 0.5) is 0 Å².